The summed E-state index contributed by atoms with van der Waals surface area (Å²) in [6, 6.07) is 7.41. The van der Waals surface area contributed by atoms with Crippen LogP contribution in [0.5, 0.6) is 5.75 Å². The van der Waals surface area contributed by atoms with Crippen molar-refractivity contribution in [2.24, 2.45) is 0 Å². The number of rotatable bonds is 5. The third-order valence-corrected chi connectivity index (χ3v) is 5.28. The van der Waals surface area contributed by atoms with Gasteiger partial charge >= 0.3 is 6.18 Å². The molecule has 1 aliphatic carbocycles. The molecule has 0 bridgehead atoms. The zero-order chi connectivity index (χ0) is 21.7. The summed E-state index contributed by atoms with van der Waals surface area (Å²) in [5.74, 6) is 0.732. The zero-order valence-corrected chi connectivity index (χ0v) is 16.9. The number of aromatic amines is 1. The van der Waals surface area contributed by atoms with Gasteiger partial charge in [0.25, 0.3) is 5.82 Å². The molecule has 0 radical (unpaired) electrons. The van der Waals surface area contributed by atoms with E-state index in [9.17, 15) is 18.4 Å². The number of nitrogen functional groups attached to an aromatic ring is 1. The molecule has 0 unspecified atom stereocenters. The Kier molecular flexibility index (Phi) is 6.83. The number of ether oxygens (including phenoxy) is 2. The van der Waals surface area contributed by atoms with Gasteiger partial charge in [-0.2, -0.15) is 18.4 Å². The van der Waals surface area contributed by atoms with E-state index in [0.717, 1.165) is 60.9 Å². The molecule has 0 saturated heterocycles. The predicted octanol–water partition coefficient (Wildman–Crippen LogP) is 4.37. The molecule has 0 spiro atoms. The molecule has 2 aromatic rings. The summed E-state index contributed by atoms with van der Waals surface area (Å²) in [5.41, 5.74) is 10.5. The highest BCUT2D eigenvalue weighted by molar-refractivity contribution is 5.78. The summed E-state index contributed by atoms with van der Waals surface area (Å²) < 4.78 is 47.6. The number of aryl methyl sites for hydroxylation is 1. The number of nitrogens with two attached hydrogens (primary N) is 1. The minimum atomic E-state index is -4.40. The average molecular weight is 420 g/mol. The summed E-state index contributed by atoms with van der Waals surface area (Å²) in [6.07, 6.45) is 1.54. The van der Waals surface area contributed by atoms with Crippen LogP contribution in [0, 0.1) is 11.3 Å². The van der Waals surface area contributed by atoms with Crippen LogP contribution < -0.4 is 15.5 Å². The van der Waals surface area contributed by atoms with Gasteiger partial charge in [0.05, 0.1) is 13.7 Å². The fourth-order valence-electron chi connectivity index (χ4n) is 3.94. The highest BCUT2D eigenvalue weighted by Gasteiger charge is 2.28. The summed E-state index contributed by atoms with van der Waals surface area (Å²) in [5, 5.41) is 9.76. The fourth-order valence-corrected chi connectivity index (χ4v) is 3.94. The van der Waals surface area contributed by atoms with Crippen LogP contribution in [-0.4, -0.2) is 19.9 Å². The SMILES string of the molecule is COc1ccc(-c2c(C#N)c(N)[nH+]c3c2CCCCCC3)cc1COCC(F)(F)F. The molecule has 3 N–H and O–H groups in total. The summed E-state index contributed by atoms with van der Waals surface area (Å²) in [6.45, 7) is -1.60. The van der Waals surface area contributed by atoms with Crippen LogP contribution in [0.15, 0.2) is 18.2 Å². The van der Waals surface area contributed by atoms with E-state index in [-0.39, 0.29) is 6.61 Å². The van der Waals surface area contributed by atoms with Gasteiger partial charge in [-0.25, -0.2) is 4.98 Å². The number of hydrogen-bond acceptors (Lipinski definition) is 4. The number of nitrogens with one attached hydrogen (secondary N) is 1. The predicted molar refractivity (Wildman–Crippen MR) is 106 cm³/mol. The molecular formula is C22H25F3N3O2+. The lowest BCUT2D eigenvalue weighted by atomic mass is 9.87. The van der Waals surface area contributed by atoms with Crippen LogP contribution in [0.4, 0.5) is 19.0 Å². The fraction of sp³-hybridized carbons (Fsp3) is 0.455. The molecule has 1 aromatic carbocycles. The zero-order valence-electron chi connectivity index (χ0n) is 16.9. The lowest BCUT2D eigenvalue weighted by Crippen LogP contribution is -2.23. The van der Waals surface area contributed by atoms with Crippen molar-refractivity contribution in [3.05, 3.63) is 40.6 Å². The Morgan fingerprint density at radius 1 is 1.17 bits per heavy atom. The van der Waals surface area contributed by atoms with Crippen LogP contribution >= 0.6 is 0 Å². The molecular weight excluding hydrogens is 395 g/mol. The van der Waals surface area contributed by atoms with Gasteiger partial charge in [0, 0.05) is 23.1 Å². The molecule has 0 saturated carbocycles. The number of anilines is 1. The van der Waals surface area contributed by atoms with Crippen molar-refractivity contribution in [2.45, 2.75) is 51.3 Å². The molecule has 1 heterocycles. The molecule has 0 amide bonds. The van der Waals surface area contributed by atoms with E-state index in [2.05, 4.69) is 11.1 Å². The first kappa shape index (κ1) is 21.9. The second-order valence-electron chi connectivity index (χ2n) is 7.41. The molecule has 5 nitrogen and oxygen atoms in total. The summed E-state index contributed by atoms with van der Waals surface area (Å²) >= 11 is 0. The van der Waals surface area contributed by atoms with E-state index in [1.807, 2.05) is 0 Å². The van der Waals surface area contributed by atoms with Gasteiger partial charge in [-0.3, -0.25) is 5.73 Å². The quantitative estimate of drug-likeness (QED) is 0.779. The minimum absolute atomic E-state index is 0.255. The van der Waals surface area contributed by atoms with E-state index >= 15 is 0 Å². The van der Waals surface area contributed by atoms with Crippen molar-refractivity contribution in [2.75, 3.05) is 19.5 Å². The first-order valence-electron chi connectivity index (χ1n) is 9.92. The lowest BCUT2D eigenvalue weighted by Gasteiger charge is -2.19. The van der Waals surface area contributed by atoms with Crippen LogP contribution in [-0.2, 0) is 24.2 Å². The van der Waals surface area contributed by atoms with Gasteiger partial charge in [0.1, 0.15) is 29.7 Å². The van der Waals surface area contributed by atoms with Gasteiger partial charge in [-0.15, -0.1) is 0 Å². The molecule has 1 aromatic heterocycles. The van der Waals surface area contributed by atoms with Crippen LogP contribution in [0.1, 0.15) is 48.1 Å². The van der Waals surface area contributed by atoms with Gasteiger partial charge in [0.15, 0.2) is 0 Å². The maximum atomic E-state index is 12.5. The molecule has 0 fully saturated rings. The number of fused-ring (bicyclic) bond motifs is 1. The number of alkyl halides is 3. The number of hydrogen-bond donors (Lipinski definition) is 1. The lowest BCUT2D eigenvalue weighted by molar-refractivity contribution is -0.374. The minimum Gasteiger partial charge on any atom is -0.496 e. The normalized spacial score (nSPS) is 14.4. The Bertz CT molecular complexity index is 952. The van der Waals surface area contributed by atoms with E-state index in [1.54, 1.807) is 18.2 Å². The van der Waals surface area contributed by atoms with Gasteiger partial charge in [-0.1, -0.05) is 18.9 Å². The molecule has 0 atom stereocenters. The Morgan fingerprint density at radius 3 is 2.57 bits per heavy atom. The molecule has 8 heteroatoms. The van der Waals surface area contributed by atoms with Crippen molar-refractivity contribution in [3.63, 3.8) is 0 Å². The Balaban J connectivity index is 2.08. The van der Waals surface area contributed by atoms with E-state index in [4.69, 9.17) is 15.2 Å². The largest absolute Gasteiger partial charge is 0.496 e. The van der Waals surface area contributed by atoms with Crippen molar-refractivity contribution < 1.29 is 27.6 Å². The van der Waals surface area contributed by atoms with E-state index in [0.29, 0.717) is 22.7 Å². The second kappa shape index (κ2) is 9.35. The standard InChI is InChI=1S/C22H24F3N3O2/c1-29-19-9-8-14(10-15(19)12-30-13-22(23,24)25)20-16-6-4-2-3-5-7-18(16)28-21(27)17(20)11-26/h8-10H,2-7,12-13H2,1H3,(H2,27,28)/p+1. The maximum absolute atomic E-state index is 12.5. The molecule has 3 rings (SSSR count). The first-order valence-corrected chi connectivity index (χ1v) is 9.92. The van der Waals surface area contributed by atoms with Crippen LogP contribution in [0.3, 0.4) is 0 Å². The van der Waals surface area contributed by atoms with Gasteiger partial charge in [0.2, 0.25) is 0 Å². The maximum Gasteiger partial charge on any atom is 0.411 e. The Labute approximate surface area is 173 Å². The smallest absolute Gasteiger partial charge is 0.411 e. The van der Waals surface area contributed by atoms with Gasteiger partial charge < -0.3 is 9.47 Å². The van der Waals surface area contributed by atoms with Crippen molar-refractivity contribution in [1.82, 2.24) is 0 Å². The number of methoxy groups -OCH3 is 1. The third-order valence-electron chi connectivity index (χ3n) is 5.28. The number of halogens is 3. The highest BCUT2D eigenvalue weighted by atomic mass is 19.4. The molecule has 1 aliphatic rings. The topological polar surface area (TPSA) is 82.4 Å². The Hall–Kier alpha value is -2.79. The van der Waals surface area contributed by atoms with E-state index in [1.165, 1.54) is 7.11 Å². The van der Waals surface area contributed by atoms with Crippen molar-refractivity contribution in [1.29, 1.82) is 5.26 Å². The first-order chi connectivity index (χ1) is 14.3. The number of pyridine rings is 1. The molecule has 0 aliphatic heterocycles. The van der Waals surface area contributed by atoms with Crippen molar-refractivity contribution >= 4 is 5.82 Å². The number of nitriles is 1. The molecule has 160 valence electrons. The average Bonchev–Trinajstić information content (AvgIpc) is 2.67. The highest BCUT2D eigenvalue weighted by Crippen LogP contribution is 2.36. The number of nitrogens with zero attached hydrogens (tertiary/aromatic N) is 1. The van der Waals surface area contributed by atoms with Crippen LogP contribution in [0.25, 0.3) is 11.1 Å². The number of H-pyrrole nitrogens is 1. The van der Waals surface area contributed by atoms with Crippen molar-refractivity contribution in [3.8, 4) is 22.9 Å². The summed E-state index contributed by atoms with van der Waals surface area (Å²) in [7, 11) is 1.45. The Morgan fingerprint density at radius 2 is 1.90 bits per heavy atom. The summed E-state index contributed by atoms with van der Waals surface area (Å²) in [4.78, 5) is 3.19. The second-order valence-corrected chi connectivity index (χ2v) is 7.41. The number of benzene rings is 1. The monoisotopic (exact) mass is 420 g/mol. The van der Waals surface area contributed by atoms with Crippen LogP contribution in [0.2, 0.25) is 0 Å². The number of aromatic nitrogens is 1. The molecule has 30 heavy (non-hydrogen) atoms. The van der Waals surface area contributed by atoms with Gasteiger partial charge in [-0.05, 0) is 37.0 Å². The third kappa shape index (κ3) is 5.03. The van der Waals surface area contributed by atoms with E-state index < -0.39 is 12.8 Å².